The Hall–Kier alpha value is -1.11. The molecule has 1 aliphatic heterocycles. The monoisotopic (exact) mass is 271 g/mol. The van der Waals surface area contributed by atoms with Crippen molar-refractivity contribution in [1.29, 1.82) is 0 Å². The second-order valence-electron chi connectivity index (χ2n) is 4.36. The van der Waals surface area contributed by atoms with Gasteiger partial charge in [-0.05, 0) is 44.5 Å². The van der Waals surface area contributed by atoms with Crippen molar-refractivity contribution in [1.82, 2.24) is 4.47 Å². The molecule has 0 bridgehead atoms. The van der Waals surface area contributed by atoms with Crippen LogP contribution in [0.2, 0.25) is 0 Å². The largest absolute Gasteiger partial charge is 0.491 e. The van der Waals surface area contributed by atoms with Gasteiger partial charge in [0.2, 0.25) is 0 Å². The van der Waals surface area contributed by atoms with E-state index in [0.717, 1.165) is 10.9 Å². The smallest absolute Gasteiger partial charge is 0.265 e. The zero-order chi connectivity index (χ0) is 13.2. The molecule has 1 heterocycles. The first-order valence-corrected chi connectivity index (χ1v) is 7.36. The van der Waals surface area contributed by atoms with Crippen LogP contribution in [0.5, 0.6) is 5.75 Å². The predicted molar refractivity (Wildman–Crippen MR) is 66.7 cm³/mol. The highest BCUT2D eigenvalue weighted by atomic mass is 32.2. The van der Waals surface area contributed by atoms with Crippen LogP contribution in [0.4, 0.5) is 0 Å². The first-order valence-electron chi connectivity index (χ1n) is 5.92. The van der Waals surface area contributed by atoms with E-state index in [1.807, 2.05) is 13.8 Å². The van der Waals surface area contributed by atoms with Crippen molar-refractivity contribution in [2.75, 3.05) is 13.2 Å². The summed E-state index contributed by atoms with van der Waals surface area (Å²) in [6.07, 6.45) is 0.794. The average molecular weight is 271 g/mol. The van der Waals surface area contributed by atoms with Crippen LogP contribution in [0, 0.1) is 0 Å². The summed E-state index contributed by atoms with van der Waals surface area (Å²) in [6.45, 7) is 4.70. The van der Waals surface area contributed by atoms with E-state index in [1.165, 1.54) is 12.1 Å². The summed E-state index contributed by atoms with van der Waals surface area (Å²) in [5, 5.41) is 0. The molecule has 0 atom stereocenters. The third kappa shape index (κ3) is 2.82. The van der Waals surface area contributed by atoms with Crippen molar-refractivity contribution in [3.05, 3.63) is 24.3 Å². The van der Waals surface area contributed by atoms with E-state index in [-0.39, 0.29) is 11.0 Å². The fraction of sp³-hybridized carbons (Fsp3) is 0.500. The summed E-state index contributed by atoms with van der Waals surface area (Å²) < 4.78 is 30.8. The molecule has 0 amide bonds. The Balaban J connectivity index is 2.18. The second kappa shape index (κ2) is 5.26. The van der Waals surface area contributed by atoms with Gasteiger partial charge in [-0.1, -0.05) is 4.47 Å². The molecule has 0 aromatic heterocycles. The van der Waals surface area contributed by atoms with Crippen LogP contribution in [0.3, 0.4) is 0 Å². The van der Waals surface area contributed by atoms with Crippen molar-refractivity contribution >= 4 is 10.0 Å². The Labute approximate surface area is 107 Å². The van der Waals surface area contributed by atoms with Crippen molar-refractivity contribution in [2.24, 2.45) is 0 Å². The molecule has 0 N–H and O–H groups in total. The summed E-state index contributed by atoms with van der Waals surface area (Å²) in [6, 6.07) is 6.38. The first-order chi connectivity index (χ1) is 8.50. The number of hydrogen-bond donors (Lipinski definition) is 0. The molecule has 1 aromatic rings. The molecule has 1 fully saturated rings. The lowest BCUT2D eigenvalue weighted by Crippen LogP contribution is -2.26. The Morgan fingerprint density at radius 3 is 2.44 bits per heavy atom. The predicted octanol–water partition coefficient (Wildman–Crippen LogP) is 1.80. The van der Waals surface area contributed by atoms with Crippen LogP contribution < -0.4 is 4.74 Å². The lowest BCUT2D eigenvalue weighted by molar-refractivity contribution is -0.0284. The number of nitrogens with zero attached hydrogens (tertiary/aromatic N) is 1. The molecule has 5 nitrogen and oxygen atoms in total. The number of benzene rings is 1. The minimum absolute atomic E-state index is 0.0642. The van der Waals surface area contributed by atoms with Gasteiger partial charge >= 0.3 is 0 Å². The van der Waals surface area contributed by atoms with Gasteiger partial charge in [-0.15, -0.1) is 0 Å². The van der Waals surface area contributed by atoms with Crippen molar-refractivity contribution in [3.63, 3.8) is 0 Å². The fourth-order valence-corrected chi connectivity index (χ4v) is 2.99. The molecule has 0 aliphatic carbocycles. The summed E-state index contributed by atoms with van der Waals surface area (Å²) in [5.74, 6) is 0.659. The second-order valence-corrected chi connectivity index (χ2v) is 6.19. The quantitative estimate of drug-likeness (QED) is 0.838. The normalized spacial score (nSPS) is 17.3. The molecule has 0 saturated carbocycles. The van der Waals surface area contributed by atoms with Crippen LogP contribution in [-0.4, -0.2) is 32.1 Å². The van der Waals surface area contributed by atoms with Crippen LogP contribution in [-0.2, 0) is 14.9 Å². The average Bonchev–Trinajstić information content (AvgIpc) is 2.83. The number of rotatable bonds is 4. The molecule has 18 heavy (non-hydrogen) atoms. The van der Waals surface area contributed by atoms with Gasteiger partial charge < -0.3 is 4.74 Å². The summed E-state index contributed by atoms with van der Waals surface area (Å²) in [7, 11) is -3.53. The molecular weight excluding hydrogens is 254 g/mol. The maximum Gasteiger partial charge on any atom is 0.265 e. The number of ether oxygens (including phenoxy) is 1. The molecule has 2 rings (SSSR count). The summed E-state index contributed by atoms with van der Waals surface area (Å²) in [4.78, 5) is 5.30. The Bertz CT molecular complexity index is 489. The highest BCUT2D eigenvalue weighted by Crippen LogP contribution is 2.22. The van der Waals surface area contributed by atoms with Crippen LogP contribution >= 0.6 is 0 Å². The Kier molecular flexibility index (Phi) is 3.89. The first kappa shape index (κ1) is 13.3. The third-order valence-electron chi connectivity index (χ3n) is 2.48. The van der Waals surface area contributed by atoms with Gasteiger partial charge in [0.1, 0.15) is 5.75 Å². The van der Waals surface area contributed by atoms with Gasteiger partial charge in [0, 0.05) is 6.54 Å². The third-order valence-corrected chi connectivity index (χ3v) is 4.17. The lowest BCUT2D eigenvalue weighted by atomic mass is 10.3. The molecule has 0 unspecified atom stereocenters. The summed E-state index contributed by atoms with van der Waals surface area (Å²) in [5.41, 5.74) is 0. The van der Waals surface area contributed by atoms with E-state index in [4.69, 9.17) is 9.57 Å². The van der Waals surface area contributed by atoms with E-state index in [2.05, 4.69) is 0 Å². The minimum Gasteiger partial charge on any atom is -0.491 e. The minimum atomic E-state index is -3.53. The highest BCUT2D eigenvalue weighted by Gasteiger charge is 2.28. The molecule has 1 aliphatic rings. The van der Waals surface area contributed by atoms with Crippen molar-refractivity contribution in [3.8, 4) is 5.75 Å². The molecule has 100 valence electrons. The molecule has 0 spiro atoms. The van der Waals surface area contributed by atoms with E-state index in [1.54, 1.807) is 12.1 Å². The Morgan fingerprint density at radius 2 is 1.94 bits per heavy atom. The van der Waals surface area contributed by atoms with Crippen LogP contribution in [0.1, 0.15) is 20.3 Å². The van der Waals surface area contributed by atoms with Gasteiger partial charge in [-0.3, -0.25) is 4.84 Å². The molecular formula is C12H17NO4S. The van der Waals surface area contributed by atoms with E-state index < -0.39 is 10.0 Å². The molecule has 6 heteroatoms. The lowest BCUT2D eigenvalue weighted by Gasteiger charge is -2.15. The number of hydrogen-bond acceptors (Lipinski definition) is 4. The van der Waals surface area contributed by atoms with Gasteiger partial charge in [0.05, 0.1) is 17.6 Å². The maximum atomic E-state index is 12.1. The maximum absolute atomic E-state index is 12.1. The van der Waals surface area contributed by atoms with E-state index in [9.17, 15) is 8.42 Å². The molecule has 1 saturated heterocycles. The van der Waals surface area contributed by atoms with E-state index >= 15 is 0 Å². The summed E-state index contributed by atoms with van der Waals surface area (Å²) >= 11 is 0. The zero-order valence-corrected chi connectivity index (χ0v) is 11.3. The Morgan fingerprint density at radius 1 is 1.28 bits per heavy atom. The standard InChI is InChI=1S/C12H17NO4S/c1-10(2)17-11-4-6-12(7-5-11)18(14,15)13-8-3-9-16-13/h4-7,10H,3,8-9H2,1-2H3. The SMILES string of the molecule is CC(C)Oc1ccc(S(=O)(=O)N2CCCO2)cc1. The van der Waals surface area contributed by atoms with Crippen LogP contribution in [0.25, 0.3) is 0 Å². The van der Waals surface area contributed by atoms with E-state index in [0.29, 0.717) is 18.9 Å². The molecule has 0 radical (unpaired) electrons. The van der Waals surface area contributed by atoms with Crippen molar-refractivity contribution < 1.29 is 18.0 Å². The number of sulfonamides is 1. The van der Waals surface area contributed by atoms with Crippen LogP contribution in [0.15, 0.2) is 29.2 Å². The van der Waals surface area contributed by atoms with Gasteiger partial charge in [-0.25, -0.2) is 8.42 Å². The number of hydroxylamine groups is 1. The fourth-order valence-electron chi connectivity index (χ4n) is 1.69. The van der Waals surface area contributed by atoms with Gasteiger partial charge in [-0.2, -0.15) is 0 Å². The topological polar surface area (TPSA) is 55.8 Å². The zero-order valence-electron chi connectivity index (χ0n) is 10.5. The van der Waals surface area contributed by atoms with Gasteiger partial charge in [0.25, 0.3) is 10.0 Å². The van der Waals surface area contributed by atoms with Gasteiger partial charge in [0.15, 0.2) is 0 Å². The highest BCUT2D eigenvalue weighted by molar-refractivity contribution is 7.89. The molecule has 1 aromatic carbocycles. The van der Waals surface area contributed by atoms with Crippen molar-refractivity contribution in [2.45, 2.75) is 31.3 Å².